The molecule has 1 aromatic heterocycles. The van der Waals surface area contributed by atoms with Gasteiger partial charge in [-0.1, -0.05) is 41.6 Å². The van der Waals surface area contributed by atoms with E-state index in [1.54, 1.807) is 34.6 Å². The van der Waals surface area contributed by atoms with E-state index in [0.29, 0.717) is 49.1 Å². The van der Waals surface area contributed by atoms with E-state index in [1.807, 2.05) is 38.1 Å². The SMILES string of the molecule is CCOC(=O)C1CCN(C(=O)C(C)Sc2nnc(-c3ccccc3F)n2-c2ccc(C)cc2)CC1. The summed E-state index contributed by atoms with van der Waals surface area (Å²) < 4.78 is 21.5. The number of piperidine rings is 1. The number of hydrogen-bond acceptors (Lipinski definition) is 6. The lowest BCUT2D eigenvalue weighted by Gasteiger charge is -2.32. The predicted octanol–water partition coefficient (Wildman–Crippen LogP) is 4.66. The molecule has 1 unspecified atom stereocenters. The second-order valence-corrected chi connectivity index (χ2v) is 9.88. The fourth-order valence-corrected chi connectivity index (χ4v) is 5.10. The summed E-state index contributed by atoms with van der Waals surface area (Å²) in [6, 6.07) is 14.2. The first kappa shape index (κ1) is 24.9. The third-order valence-electron chi connectivity index (χ3n) is 6.10. The Bertz CT molecular complexity index is 1190. The highest BCUT2D eigenvalue weighted by molar-refractivity contribution is 8.00. The monoisotopic (exact) mass is 496 g/mol. The van der Waals surface area contributed by atoms with Crippen molar-refractivity contribution in [1.29, 1.82) is 0 Å². The molecule has 0 aliphatic carbocycles. The van der Waals surface area contributed by atoms with E-state index < -0.39 is 11.1 Å². The van der Waals surface area contributed by atoms with E-state index in [2.05, 4.69) is 10.2 Å². The average molecular weight is 497 g/mol. The maximum absolute atomic E-state index is 14.6. The van der Waals surface area contributed by atoms with E-state index in [1.165, 1.54) is 17.8 Å². The van der Waals surface area contributed by atoms with Gasteiger partial charge in [-0.2, -0.15) is 0 Å². The van der Waals surface area contributed by atoms with Crippen LogP contribution >= 0.6 is 11.8 Å². The standard InChI is InChI=1S/C26H29FN4O3S/c1-4-34-25(33)19-13-15-30(16-14-19)24(32)18(3)35-26-29-28-23(21-7-5-6-8-22(21)27)31(26)20-11-9-17(2)10-12-20/h5-12,18-19H,4,13-16H2,1-3H3. The highest BCUT2D eigenvalue weighted by Gasteiger charge is 2.31. The molecule has 4 rings (SSSR count). The van der Waals surface area contributed by atoms with Crippen molar-refractivity contribution in [2.24, 2.45) is 5.92 Å². The number of carbonyl (C=O) groups is 2. The Morgan fingerprint density at radius 3 is 2.46 bits per heavy atom. The van der Waals surface area contributed by atoms with Crippen LogP contribution in [0.15, 0.2) is 53.7 Å². The topological polar surface area (TPSA) is 77.3 Å². The normalized spacial score (nSPS) is 15.1. The van der Waals surface area contributed by atoms with Crippen LogP contribution in [0.5, 0.6) is 0 Å². The summed E-state index contributed by atoms with van der Waals surface area (Å²) in [5.41, 5.74) is 2.22. The van der Waals surface area contributed by atoms with Gasteiger partial charge in [0.2, 0.25) is 5.91 Å². The lowest BCUT2D eigenvalue weighted by atomic mass is 9.97. The van der Waals surface area contributed by atoms with Gasteiger partial charge in [-0.15, -0.1) is 10.2 Å². The zero-order valence-corrected chi connectivity index (χ0v) is 20.9. The number of benzene rings is 2. The highest BCUT2D eigenvalue weighted by Crippen LogP contribution is 2.32. The Hall–Kier alpha value is -3.20. The summed E-state index contributed by atoms with van der Waals surface area (Å²) in [5.74, 6) is -0.380. The second kappa shape index (κ2) is 11.0. The van der Waals surface area contributed by atoms with Gasteiger partial charge in [-0.25, -0.2) is 4.39 Å². The quantitative estimate of drug-likeness (QED) is 0.350. The molecule has 1 aliphatic rings. The van der Waals surface area contributed by atoms with Gasteiger partial charge < -0.3 is 9.64 Å². The number of nitrogens with zero attached hydrogens (tertiary/aromatic N) is 4. The van der Waals surface area contributed by atoms with Crippen LogP contribution in [0.1, 0.15) is 32.3 Å². The molecule has 184 valence electrons. The predicted molar refractivity (Wildman–Crippen MR) is 133 cm³/mol. The Kier molecular flexibility index (Phi) is 7.85. The molecular formula is C26H29FN4O3S. The van der Waals surface area contributed by atoms with Crippen LogP contribution in [0.25, 0.3) is 17.1 Å². The summed E-state index contributed by atoms with van der Waals surface area (Å²) in [4.78, 5) is 27.0. The Morgan fingerprint density at radius 2 is 1.80 bits per heavy atom. The van der Waals surface area contributed by atoms with Gasteiger partial charge in [0.1, 0.15) is 5.82 Å². The number of aromatic nitrogens is 3. The van der Waals surface area contributed by atoms with E-state index in [9.17, 15) is 14.0 Å². The summed E-state index contributed by atoms with van der Waals surface area (Å²) >= 11 is 1.29. The number of hydrogen-bond donors (Lipinski definition) is 0. The summed E-state index contributed by atoms with van der Waals surface area (Å²) in [6.07, 6.45) is 1.19. The number of likely N-dealkylation sites (tertiary alicyclic amines) is 1. The van der Waals surface area contributed by atoms with Gasteiger partial charge in [0.05, 0.1) is 23.3 Å². The van der Waals surface area contributed by atoms with Crippen LogP contribution in [-0.2, 0) is 14.3 Å². The zero-order valence-electron chi connectivity index (χ0n) is 20.1. The molecule has 0 saturated carbocycles. The molecule has 0 spiro atoms. The van der Waals surface area contributed by atoms with Crippen molar-refractivity contribution in [2.75, 3.05) is 19.7 Å². The van der Waals surface area contributed by atoms with Gasteiger partial charge in [0.25, 0.3) is 0 Å². The van der Waals surface area contributed by atoms with Crippen molar-refractivity contribution in [2.45, 2.75) is 44.0 Å². The smallest absolute Gasteiger partial charge is 0.309 e. The van der Waals surface area contributed by atoms with Crippen LogP contribution in [-0.4, -0.2) is 56.5 Å². The minimum absolute atomic E-state index is 0.0248. The first-order chi connectivity index (χ1) is 16.9. The van der Waals surface area contributed by atoms with E-state index in [4.69, 9.17) is 4.74 Å². The summed E-state index contributed by atoms with van der Waals surface area (Å²) in [7, 11) is 0. The lowest BCUT2D eigenvalue weighted by Crippen LogP contribution is -2.43. The van der Waals surface area contributed by atoms with Crippen LogP contribution < -0.4 is 0 Å². The van der Waals surface area contributed by atoms with Crippen LogP contribution in [0.2, 0.25) is 0 Å². The molecule has 35 heavy (non-hydrogen) atoms. The Labute approximate surface area is 208 Å². The lowest BCUT2D eigenvalue weighted by molar-refractivity contribution is -0.151. The van der Waals surface area contributed by atoms with E-state index in [-0.39, 0.29) is 17.8 Å². The molecule has 0 radical (unpaired) electrons. The Balaban J connectivity index is 1.55. The number of halogens is 1. The number of esters is 1. The maximum Gasteiger partial charge on any atom is 0.309 e. The number of carbonyl (C=O) groups excluding carboxylic acids is 2. The van der Waals surface area contributed by atoms with Crippen LogP contribution in [0, 0.1) is 18.7 Å². The molecular weight excluding hydrogens is 467 g/mol. The minimum atomic E-state index is -0.434. The average Bonchev–Trinajstić information content (AvgIpc) is 3.27. The third kappa shape index (κ3) is 5.56. The molecule has 1 amide bonds. The van der Waals surface area contributed by atoms with Gasteiger partial charge in [-0.05, 0) is 57.9 Å². The molecule has 1 saturated heterocycles. The molecule has 7 nitrogen and oxygen atoms in total. The molecule has 1 atom stereocenters. The number of ether oxygens (including phenoxy) is 1. The van der Waals surface area contributed by atoms with Crippen molar-refractivity contribution in [1.82, 2.24) is 19.7 Å². The number of thioether (sulfide) groups is 1. The molecule has 9 heteroatoms. The second-order valence-electron chi connectivity index (χ2n) is 8.57. The van der Waals surface area contributed by atoms with E-state index >= 15 is 0 Å². The number of rotatable bonds is 7. The third-order valence-corrected chi connectivity index (χ3v) is 7.13. The van der Waals surface area contributed by atoms with Crippen LogP contribution in [0.4, 0.5) is 4.39 Å². The molecule has 0 bridgehead atoms. The summed E-state index contributed by atoms with van der Waals surface area (Å²) in [5, 5.41) is 8.70. The molecule has 2 aromatic carbocycles. The van der Waals surface area contributed by atoms with Gasteiger partial charge in [-0.3, -0.25) is 14.2 Å². The molecule has 2 heterocycles. The van der Waals surface area contributed by atoms with E-state index in [0.717, 1.165) is 11.3 Å². The first-order valence-electron chi connectivity index (χ1n) is 11.8. The molecule has 1 aliphatic heterocycles. The van der Waals surface area contributed by atoms with Gasteiger partial charge in [0.15, 0.2) is 11.0 Å². The van der Waals surface area contributed by atoms with Gasteiger partial charge >= 0.3 is 5.97 Å². The molecule has 1 fully saturated rings. The van der Waals surface area contributed by atoms with Crippen molar-refractivity contribution < 1.29 is 18.7 Å². The minimum Gasteiger partial charge on any atom is -0.466 e. The fourth-order valence-electron chi connectivity index (χ4n) is 4.15. The highest BCUT2D eigenvalue weighted by atomic mass is 32.2. The zero-order chi connectivity index (χ0) is 24.9. The van der Waals surface area contributed by atoms with Crippen molar-refractivity contribution in [3.8, 4) is 17.1 Å². The number of amides is 1. The first-order valence-corrected chi connectivity index (χ1v) is 12.7. The van der Waals surface area contributed by atoms with Crippen molar-refractivity contribution in [3.05, 3.63) is 59.9 Å². The Morgan fingerprint density at radius 1 is 1.11 bits per heavy atom. The molecule has 0 N–H and O–H groups in total. The number of aryl methyl sites for hydroxylation is 1. The largest absolute Gasteiger partial charge is 0.466 e. The van der Waals surface area contributed by atoms with Crippen molar-refractivity contribution in [3.63, 3.8) is 0 Å². The summed E-state index contributed by atoms with van der Waals surface area (Å²) in [6.45, 7) is 7.01. The maximum atomic E-state index is 14.6. The fraction of sp³-hybridized carbons (Fsp3) is 0.385. The molecule has 3 aromatic rings. The van der Waals surface area contributed by atoms with Gasteiger partial charge in [0, 0.05) is 18.8 Å². The van der Waals surface area contributed by atoms with Crippen molar-refractivity contribution >= 4 is 23.6 Å². The van der Waals surface area contributed by atoms with Crippen LogP contribution in [0.3, 0.4) is 0 Å².